The fourth-order valence-corrected chi connectivity index (χ4v) is 2.76. The molecule has 0 aliphatic heterocycles. The van der Waals surface area contributed by atoms with Gasteiger partial charge in [-0.25, -0.2) is 0 Å². The van der Waals surface area contributed by atoms with Gasteiger partial charge in [0.1, 0.15) is 6.10 Å². The molecule has 0 heterocycles. The van der Waals surface area contributed by atoms with Crippen LogP contribution in [-0.2, 0) is 14.3 Å². The summed E-state index contributed by atoms with van der Waals surface area (Å²) < 4.78 is 11.0. The van der Waals surface area contributed by atoms with E-state index < -0.39 is 0 Å². The highest BCUT2D eigenvalue weighted by Gasteiger charge is 2.25. The fraction of sp³-hybridized carbons (Fsp3) is 0.938. The molecule has 0 aromatic rings. The Morgan fingerprint density at radius 3 is 2.76 bits per heavy atom. The van der Waals surface area contributed by atoms with E-state index >= 15 is 0 Å². The van der Waals surface area contributed by atoms with Crippen molar-refractivity contribution < 1.29 is 14.3 Å². The minimum Gasteiger partial charge on any atom is -0.383 e. The molecule has 0 bridgehead atoms. The molecular formula is C16H32N2O3. The second-order valence-corrected chi connectivity index (χ2v) is 5.96. The summed E-state index contributed by atoms with van der Waals surface area (Å²) in [5, 5.41) is 6.15. The molecule has 1 aliphatic rings. The maximum absolute atomic E-state index is 12.1. The molecule has 0 saturated heterocycles. The summed E-state index contributed by atoms with van der Waals surface area (Å²) in [6.45, 7) is 7.15. The third kappa shape index (κ3) is 7.79. The van der Waals surface area contributed by atoms with E-state index in [0.717, 1.165) is 32.4 Å². The summed E-state index contributed by atoms with van der Waals surface area (Å²) in [5.74, 6) is 0.735. The van der Waals surface area contributed by atoms with Crippen molar-refractivity contribution in [1.82, 2.24) is 10.6 Å². The average Bonchev–Trinajstić information content (AvgIpc) is 2.48. The van der Waals surface area contributed by atoms with Gasteiger partial charge in [-0.15, -0.1) is 0 Å². The molecule has 124 valence electrons. The van der Waals surface area contributed by atoms with Crippen LogP contribution in [0.1, 0.15) is 46.0 Å². The number of carbonyl (C=O) groups is 1. The summed E-state index contributed by atoms with van der Waals surface area (Å²) in [6.07, 6.45) is 5.36. The van der Waals surface area contributed by atoms with Crippen LogP contribution in [0.3, 0.4) is 0 Å². The van der Waals surface area contributed by atoms with Crippen molar-refractivity contribution in [3.8, 4) is 0 Å². The van der Waals surface area contributed by atoms with Crippen molar-refractivity contribution in [3.05, 3.63) is 0 Å². The molecule has 3 atom stereocenters. The van der Waals surface area contributed by atoms with Gasteiger partial charge in [0.25, 0.3) is 0 Å². The van der Waals surface area contributed by atoms with E-state index in [2.05, 4.69) is 17.6 Å². The summed E-state index contributed by atoms with van der Waals surface area (Å²) in [6, 6.07) is 0. The van der Waals surface area contributed by atoms with E-state index in [1.165, 1.54) is 12.8 Å². The molecule has 21 heavy (non-hydrogen) atoms. The molecule has 0 aromatic heterocycles. The molecular weight excluding hydrogens is 268 g/mol. The molecule has 0 radical (unpaired) electrons. The molecule has 2 N–H and O–H groups in total. The molecule has 5 nitrogen and oxygen atoms in total. The number of ether oxygens (including phenoxy) is 2. The molecule has 1 rings (SSSR count). The van der Waals surface area contributed by atoms with E-state index in [9.17, 15) is 4.79 Å². The van der Waals surface area contributed by atoms with Gasteiger partial charge in [-0.2, -0.15) is 0 Å². The van der Waals surface area contributed by atoms with Crippen molar-refractivity contribution in [2.75, 3.05) is 33.4 Å². The smallest absolute Gasteiger partial charge is 0.249 e. The van der Waals surface area contributed by atoms with E-state index in [1.54, 1.807) is 7.11 Å². The Morgan fingerprint density at radius 1 is 1.29 bits per heavy atom. The Hall–Kier alpha value is -0.650. The maximum Gasteiger partial charge on any atom is 0.249 e. The first kappa shape index (κ1) is 18.4. The van der Waals surface area contributed by atoms with Crippen molar-refractivity contribution in [1.29, 1.82) is 0 Å². The molecule has 3 unspecified atom stereocenters. The van der Waals surface area contributed by atoms with Crippen LogP contribution in [0.4, 0.5) is 0 Å². The number of carbonyl (C=O) groups excluding carboxylic acids is 1. The monoisotopic (exact) mass is 300 g/mol. The molecule has 5 heteroatoms. The van der Waals surface area contributed by atoms with E-state index in [0.29, 0.717) is 19.1 Å². The highest BCUT2D eigenvalue weighted by atomic mass is 16.5. The lowest BCUT2D eigenvalue weighted by molar-refractivity contribution is -0.138. The van der Waals surface area contributed by atoms with Crippen LogP contribution >= 0.6 is 0 Å². The predicted octanol–water partition coefficient (Wildman–Crippen LogP) is 1.71. The zero-order valence-electron chi connectivity index (χ0n) is 13.8. The lowest BCUT2D eigenvalue weighted by Gasteiger charge is -2.29. The van der Waals surface area contributed by atoms with E-state index in [1.807, 2.05) is 6.92 Å². The second-order valence-electron chi connectivity index (χ2n) is 5.96. The number of hydrogen-bond donors (Lipinski definition) is 2. The largest absolute Gasteiger partial charge is 0.383 e. The molecule has 0 spiro atoms. The normalized spacial score (nSPS) is 23.8. The Balaban J connectivity index is 2.19. The van der Waals surface area contributed by atoms with Crippen LogP contribution in [0.25, 0.3) is 0 Å². The Bertz CT molecular complexity index is 287. The third-order valence-electron chi connectivity index (χ3n) is 3.99. The van der Waals surface area contributed by atoms with Crippen molar-refractivity contribution >= 4 is 5.91 Å². The number of rotatable bonds is 10. The fourth-order valence-electron chi connectivity index (χ4n) is 2.76. The van der Waals surface area contributed by atoms with Crippen LogP contribution < -0.4 is 10.6 Å². The second kappa shape index (κ2) is 11.0. The molecule has 1 saturated carbocycles. The van der Waals surface area contributed by atoms with E-state index in [-0.39, 0.29) is 18.1 Å². The predicted molar refractivity (Wildman–Crippen MR) is 84.3 cm³/mol. The topological polar surface area (TPSA) is 59.6 Å². The van der Waals surface area contributed by atoms with Crippen LogP contribution in [-0.4, -0.2) is 51.5 Å². The van der Waals surface area contributed by atoms with Gasteiger partial charge in [0.15, 0.2) is 0 Å². The Labute approximate surface area is 129 Å². The molecule has 0 aromatic carbocycles. The minimum atomic E-state index is -0.306. The number of nitrogens with one attached hydrogen (secondary N) is 2. The third-order valence-corrected chi connectivity index (χ3v) is 3.99. The minimum absolute atomic E-state index is 0.0178. The lowest BCUT2D eigenvalue weighted by Crippen LogP contribution is -2.42. The van der Waals surface area contributed by atoms with Gasteiger partial charge >= 0.3 is 0 Å². The van der Waals surface area contributed by atoms with Gasteiger partial charge in [0, 0.05) is 26.7 Å². The summed E-state index contributed by atoms with van der Waals surface area (Å²) in [5.41, 5.74) is 0. The Kier molecular flexibility index (Phi) is 9.63. The molecule has 1 fully saturated rings. The maximum atomic E-state index is 12.1. The molecule has 1 aliphatic carbocycles. The number of methoxy groups -OCH3 is 1. The van der Waals surface area contributed by atoms with Gasteiger partial charge in [-0.3, -0.25) is 4.79 Å². The number of hydrogen-bond acceptors (Lipinski definition) is 4. The van der Waals surface area contributed by atoms with Crippen LogP contribution in [0, 0.1) is 5.92 Å². The number of amides is 1. The highest BCUT2D eigenvalue weighted by Crippen LogP contribution is 2.26. The summed E-state index contributed by atoms with van der Waals surface area (Å²) in [7, 11) is 1.68. The zero-order valence-corrected chi connectivity index (χ0v) is 13.8. The first-order chi connectivity index (χ1) is 10.2. The van der Waals surface area contributed by atoms with Gasteiger partial charge in [-0.1, -0.05) is 26.7 Å². The van der Waals surface area contributed by atoms with Gasteiger partial charge in [-0.05, 0) is 25.2 Å². The van der Waals surface area contributed by atoms with Gasteiger partial charge < -0.3 is 20.1 Å². The first-order valence-electron chi connectivity index (χ1n) is 8.30. The zero-order chi connectivity index (χ0) is 15.5. The SMILES string of the molecule is CCC(OC1CCCC(C)C1)C(=O)NCCNCCOC. The van der Waals surface area contributed by atoms with Crippen molar-refractivity contribution in [2.45, 2.75) is 58.2 Å². The standard InChI is InChI=1S/C16H32N2O3/c1-4-15(21-14-7-5-6-13(2)12-14)16(19)18-9-8-17-10-11-20-3/h13-15,17H,4-12H2,1-3H3,(H,18,19). The highest BCUT2D eigenvalue weighted by molar-refractivity contribution is 5.80. The van der Waals surface area contributed by atoms with E-state index in [4.69, 9.17) is 9.47 Å². The van der Waals surface area contributed by atoms with Crippen LogP contribution in [0.15, 0.2) is 0 Å². The quantitative estimate of drug-likeness (QED) is 0.603. The Morgan fingerprint density at radius 2 is 2.10 bits per heavy atom. The lowest BCUT2D eigenvalue weighted by atomic mass is 9.88. The van der Waals surface area contributed by atoms with Crippen LogP contribution in [0.2, 0.25) is 0 Å². The van der Waals surface area contributed by atoms with Crippen LogP contribution in [0.5, 0.6) is 0 Å². The molecule has 1 amide bonds. The summed E-state index contributed by atoms with van der Waals surface area (Å²) in [4.78, 5) is 12.1. The van der Waals surface area contributed by atoms with Crippen molar-refractivity contribution in [2.24, 2.45) is 5.92 Å². The van der Waals surface area contributed by atoms with Crippen molar-refractivity contribution in [3.63, 3.8) is 0 Å². The first-order valence-corrected chi connectivity index (χ1v) is 8.30. The summed E-state index contributed by atoms with van der Waals surface area (Å²) >= 11 is 0. The van der Waals surface area contributed by atoms with Gasteiger partial charge in [0.05, 0.1) is 12.7 Å². The van der Waals surface area contributed by atoms with Gasteiger partial charge in [0.2, 0.25) is 5.91 Å². The average molecular weight is 300 g/mol.